The predicted molar refractivity (Wildman–Crippen MR) is 425 cm³/mol. The molecule has 110 heavy (non-hydrogen) atoms. The minimum atomic E-state index is -0.574. The Morgan fingerprint density at radius 3 is 1.32 bits per heavy atom. The number of nitrogens with zero attached hydrogens (tertiary/aromatic N) is 15. The van der Waals surface area contributed by atoms with Crippen LogP contribution < -0.4 is 21.3 Å². The van der Waals surface area contributed by atoms with Gasteiger partial charge in [0.1, 0.15) is 5.52 Å². The number of H-pyrrole nitrogens is 3. The number of aromatic nitrogens is 13. The number of pyridine rings is 5. The second kappa shape index (κ2) is 38.0. The maximum absolute atomic E-state index is 12.1. The number of morpholine rings is 2. The summed E-state index contributed by atoms with van der Waals surface area (Å²) in [5, 5.41) is 10.8. The molecule has 3 aromatic carbocycles. The Bertz CT molecular complexity index is 4810. The first-order chi connectivity index (χ1) is 53.5. The van der Waals surface area contributed by atoms with Gasteiger partial charge in [0.05, 0.1) is 102 Å². The zero-order chi connectivity index (χ0) is 76.9. The van der Waals surface area contributed by atoms with Crippen LogP contribution >= 0.6 is 0 Å². The zero-order valence-electron chi connectivity index (χ0n) is 63.6. The minimum absolute atomic E-state index is 0.268. The van der Waals surface area contributed by atoms with Gasteiger partial charge in [0.15, 0.2) is 5.82 Å². The van der Waals surface area contributed by atoms with E-state index in [0.717, 1.165) is 204 Å². The van der Waals surface area contributed by atoms with Gasteiger partial charge < -0.3 is 53.8 Å². The third-order valence-electron chi connectivity index (χ3n) is 17.9. The Hall–Kier alpha value is -11.6. The summed E-state index contributed by atoms with van der Waals surface area (Å²) in [6.45, 7) is 18.7. The highest BCUT2D eigenvalue weighted by Crippen LogP contribution is 2.37. The highest BCUT2D eigenvalue weighted by Gasteiger charge is 2.22. The van der Waals surface area contributed by atoms with Crippen LogP contribution in [0.3, 0.4) is 0 Å². The lowest BCUT2D eigenvalue weighted by Gasteiger charge is -2.26. The molecule has 30 nitrogen and oxygen atoms in total. The molecule has 0 bridgehead atoms. The molecule has 11 heterocycles. The number of anilines is 3. The molecule has 572 valence electrons. The van der Waals surface area contributed by atoms with Gasteiger partial charge in [-0.2, -0.15) is 0 Å². The van der Waals surface area contributed by atoms with Crippen LogP contribution in [0.25, 0.3) is 100 Å². The number of rotatable bonds is 25. The fourth-order valence-electron chi connectivity index (χ4n) is 12.7. The molecular weight excluding hydrogens is 1400 g/mol. The van der Waals surface area contributed by atoms with Crippen LogP contribution in [-0.4, -0.2) is 235 Å². The van der Waals surface area contributed by atoms with E-state index in [1.807, 2.05) is 122 Å². The summed E-state index contributed by atoms with van der Waals surface area (Å²) < 4.78 is 26.0. The van der Waals surface area contributed by atoms with E-state index in [0.29, 0.717) is 41.9 Å². The maximum atomic E-state index is 12.1. The van der Waals surface area contributed by atoms with E-state index >= 15 is 0 Å². The fourth-order valence-corrected chi connectivity index (χ4v) is 12.7. The van der Waals surface area contributed by atoms with Gasteiger partial charge in [0.25, 0.3) is 0 Å². The van der Waals surface area contributed by atoms with Crippen molar-refractivity contribution in [1.29, 1.82) is 0 Å². The van der Waals surface area contributed by atoms with Crippen LogP contribution in [0.1, 0.15) is 49.0 Å². The fraction of sp³-hybridized carbons (Fsp3) is 0.338. The second-order valence-corrected chi connectivity index (χ2v) is 27.0. The van der Waals surface area contributed by atoms with E-state index in [-0.39, 0.29) is 25.2 Å². The largest absolute Gasteiger partial charge is 0.450 e. The second-order valence-electron chi connectivity index (χ2n) is 27.0. The zero-order valence-corrected chi connectivity index (χ0v) is 63.6. The number of hydrogen-bond acceptors (Lipinski definition) is 23. The van der Waals surface area contributed by atoms with E-state index in [9.17, 15) is 14.4 Å². The van der Waals surface area contributed by atoms with Gasteiger partial charge in [-0.1, -0.05) is 18.2 Å². The first-order valence-corrected chi connectivity index (χ1v) is 36.7. The third-order valence-corrected chi connectivity index (χ3v) is 17.9. The molecule has 2 fully saturated rings. The average molecular weight is 1490 g/mol. The highest BCUT2D eigenvalue weighted by molar-refractivity contribution is 6.00. The van der Waals surface area contributed by atoms with Crippen LogP contribution in [0.4, 0.5) is 32.2 Å². The molecule has 2 aliphatic rings. The number of carbonyl (C=O) groups excluding carboxylic acids is 3. The first-order valence-electron chi connectivity index (χ1n) is 36.7. The van der Waals surface area contributed by atoms with Crippen LogP contribution in [0.15, 0.2) is 147 Å². The molecule has 0 spiro atoms. The number of methoxy groups -OCH3 is 1. The lowest BCUT2D eigenvalue weighted by Crippen LogP contribution is -2.35. The maximum Gasteiger partial charge on any atom is 0.413 e. The Morgan fingerprint density at radius 1 is 0.482 bits per heavy atom. The molecule has 0 unspecified atom stereocenters. The Balaban J connectivity index is 0.000000154. The summed E-state index contributed by atoms with van der Waals surface area (Å²) in [4.78, 5) is 103. The van der Waals surface area contributed by atoms with Gasteiger partial charge in [-0.25, -0.2) is 39.3 Å². The molecular formula is C80H94N22O8. The van der Waals surface area contributed by atoms with Crippen LogP contribution in [0, 0.1) is 0 Å². The van der Waals surface area contributed by atoms with Crippen molar-refractivity contribution in [3.8, 4) is 67.3 Å². The number of aromatic amines is 3. The SMILES string of the molecule is CCNC(=O)Nc1nc2c(-c3cc(CN(C)C)ccn3)cc(-c3ccc(CN4CCOCC4)nc3)cc2[nH]1.CCOC(=O)Nc1nc2c(-c3cc(CN(C)C)ccn3)cc(-c3ccc(CN4CCOCC4)nc3)cc2[nH]1.CCOC(=O)Nc1nc2c(-c3ncccn3)cc(-c3ccc(CN(C)CCOC)nc3)cc2[nH]1. The van der Waals surface area contributed by atoms with Crippen molar-refractivity contribution in [3.63, 3.8) is 0 Å². The summed E-state index contributed by atoms with van der Waals surface area (Å²) in [7, 11) is 11.9. The molecule has 12 aromatic rings. The molecule has 0 aliphatic carbocycles. The number of urea groups is 1. The molecule has 7 N–H and O–H groups in total. The molecule has 9 aromatic heterocycles. The number of ether oxygens (including phenoxy) is 5. The van der Waals surface area contributed by atoms with E-state index in [1.165, 1.54) is 0 Å². The number of hydrogen-bond donors (Lipinski definition) is 7. The quantitative estimate of drug-likeness (QED) is 0.0279. The average Bonchev–Trinajstić information content (AvgIpc) is 1.60. The monoisotopic (exact) mass is 1490 g/mol. The molecule has 0 atom stereocenters. The Morgan fingerprint density at radius 2 is 0.909 bits per heavy atom. The molecule has 30 heteroatoms. The third kappa shape index (κ3) is 21.2. The van der Waals surface area contributed by atoms with E-state index in [2.05, 4.69) is 144 Å². The minimum Gasteiger partial charge on any atom is -0.450 e. The van der Waals surface area contributed by atoms with Gasteiger partial charge in [-0.15, -0.1) is 0 Å². The highest BCUT2D eigenvalue weighted by atomic mass is 16.6. The van der Waals surface area contributed by atoms with Crippen molar-refractivity contribution in [3.05, 3.63) is 175 Å². The molecule has 0 radical (unpaired) electrons. The van der Waals surface area contributed by atoms with Gasteiger partial charge in [-0.05, 0) is 169 Å². The molecule has 14 rings (SSSR count). The number of likely N-dealkylation sites (N-methyl/N-ethyl adjacent to an activating group) is 1. The number of imidazole rings is 3. The van der Waals surface area contributed by atoms with E-state index < -0.39 is 12.2 Å². The Kier molecular flexibility index (Phi) is 26.9. The van der Waals surface area contributed by atoms with Crippen LogP contribution in [-0.2, 0) is 56.4 Å². The van der Waals surface area contributed by atoms with Crippen molar-refractivity contribution < 1.29 is 38.1 Å². The van der Waals surface area contributed by atoms with Crippen LogP contribution in [0.2, 0.25) is 0 Å². The van der Waals surface area contributed by atoms with Gasteiger partial charge in [-0.3, -0.25) is 55.6 Å². The van der Waals surface area contributed by atoms with Crippen molar-refractivity contribution >= 4 is 69.2 Å². The van der Waals surface area contributed by atoms with Gasteiger partial charge in [0.2, 0.25) is 17.8 Å². The van der Waals surface area contributed by atoms with Crippen molar-refractivity contribution in [2.45, 2.75) is 53.5 Å². The van der Waals surface area contributed by atoms with Crippen molar-refractivity contribution in [2.24, 2.45) is 0 Å². The molecule has 4 amide bonds. The molecule has 0 saturated carbocycles. The Labute approximate surface area is 638 Å². The summed E-state index contributed by atoms with van der Waals surface area (Å²) in [5.74, 6) is 1.52. The number of amides is 4. The lowest BCUT2D eigenvalue weighted by molar-refractivity contribution is 0.0336. The first kappa shape index (κ1) is 78.0. The number of carbonyl (C=O) groups is 3. The van der Waals surface area contributed by atoms with E-state index in [1.54, 1.807) is 39.4 Å². The standard InChI is InChI=1S/C28H34N8O2.C28H33N7O3.C24H27N7O3/c1-4-29-28(37)34-27-32-25-15-21(20-5-6-22(31-16-20)18-36-9-11-38-12-10-36)14-23(26(25)33-27)24-13-19(7-8-30-24)17-35(2)3;1-4-38-28(36)33-27-31-25-15-21(20-5-6-22(30-16-20)18-35-9-11-37-12-10-35)14-23(26(25)32-27)24-13-19(7-8-29-24)17-34(2)3;1-4-34-24(32)30-23-28-20-13-17(12-19(21(20)29-23)22-25-8-5-9-26-22)16-6-7-18(27-14-16)15-31(2)10-11-33-3/h5-8,13-16H,4,9-12,17-18H2,1-3H3,(H3,29,32,33,34,37);5-8,13-16H,4,9-12,17-18H2,1-3H3,(H2,31,32,33,36);5-9,12-14H,4,10-11,15H2,1-3H3,(H2,28,29,30,32). The smallest absolute Gasteiger partial charge is 0.413 e. The van der Waals surface area contributed by atoms with Gasteiger partial charge >= 0.3 is 18.2 Å². The predicted octanol–water partition coefficient (Wildman–Crippen LogP) is 11.6. The summed E-state index contributed by atoms with van der Waals surface area (Å²) in [5.41, 5.74) is 19.7. The lowest BCUT2D eigenvalue weighted by atomic mass is 10.00. The van der Waals surface area contributed by atoms with Crippen molar-refractivity contribution in [1.82, 2.24) is 94.6 Å². The normalized spacial score (nSPS) is 13.3. The van der Waals surface area contributed by atoms with E-state index in [4.69, 9.17) is 38.6 Å². The topological polar surface area (TPSA) is 338 Å². The summed E-state index contributed by atoms with van der Waals surface area (Å²) >= 11 is 0. The number of nitrogens with one attached hydrogen (secondary N) is 7. The summed E-state index contributed by atoms with van der Waals surface area (Å²) in [6.07, 6.45) is 11.6. The van der Waals surface area contributed by atoms with Crippen molar-refractivity contribution in [2.75, 3.05) is 144 Å². The van der Waals surface area contributed by atoms with Gasteiger partial charge in [0, 0.05) is 156 Å². The number of fused-ring (bicyclic) bond motifs is 3. The molecule has 2 saturated heterocycles. The van der Waals surface area contributed by atoms with Crippen LogP contribution in [0.5, 0.6) is 0 Å². The number of benzene rings is 3. The summed E-state index contributed by atoms with van der Waals surface area (Å²) in [6, 6.07) is 34.3. The molecule has 2 aliphatic heterocycles.